The van der Waals surface area contributed by atoms with Crippen molar-refractivity contribution in [3.05, 3.63) is 249 Å². The number of piperidine rings is 2. The quantitative estimate of drug-likeness (QED) is 0.0149. The lowest BCUT2D eigenvalue weighted by molar-refractivity contribution is -0.142. The zero-order valence-corrected chi connectivity index (χ0v) is 83.8. The van der Waals surface area contributed by atoms with E-state index in [-0.39, 0.29) is 110 Å². The van der Waals surface area contributed by atoms with Gasteiger partial charge in [-0.3, -0.25) is 64.2 Å². The number of aliphatic hydroxyl groups is 1. The molecule has 146 heavy (non-hydrogen) atoms. The van der Waals surface area contributed by atoms with Crippen LogP contribution in [0.15, 0.2) is 140 Å². The number of carbonyl (C=O) groups is 5. The average Bonchev–Trinajstić information content (AvgIpc) is 1.65. The Morgan fingerprint density at radius 2 is 0.788 bits per heavy atom. The normalized spacial score (nSPS) is 17.6. The van der Waals surface area contributed by atoms with Gasteiger partial charge >= 0.3 is 30.9 Å². The number of H-pyrrole nitrogens is 5. The van der Waals surface area contributed by atoms with E-state index in [0.717, 1.165) is 88.0 Å². The third-order valence-electron chi connectivity index (χ3n) is 24.7. The van der Waals surface area contributed by atoms with Crippen molar-refractivity contribution in [3.63, 3.8) is 0 Å². The Kier molecular flexibility index (Phi) is 40.3. The summed E-state index contributed by atoms with van der Waals surface area (Å²) in [6, 6.07) is 34.7. The zero-order chi connectivity index (χ0) is 107. The van der Waals surface area contributed by atoms with Crippen LogP contribution >= 0.6 is 58.0 Å². The molecule has 4 atom stereocenters. The molecular formula is C92H106Cl5F15N22O10S2. The number of β-amino-alcohol motifs (C(OH)–C–C–N with tert-alkyl or cyclic N) is 1. The summed E-state index contributed by atoms with van der Waals surface area (Å²) in [6.45, 7) is 10.1. The highest BCUT2D eigenvalue weighted by molar-refractivity contribution is 7.91. The van der Waals surface area contributed by atoms with E-state index in [0.29, 0.717) is 143 Å². The van der Waals surface area contributed by atoms with E-state index in [2.05, 4.69) is 42.6 Å². The first kappa shape index (κ1) is 115. The largest absolute Gasteiger partial charge is 0.432 e. The van der Waals surface area contributed by atoms with Crippen LogP contribution in [-0.2, 0) is 83.5 Å². The highest BCUT2D eigenvalue weighted by Gasteiger charge is 2.42. The number of nitrogens with two attached hydrogens (primary N) is 2. The molecule has 15 rings (SSSR count). The number of benzene rings is 5. The van der Waals surface area contributed by atoms with E-state index in [1.807, 2.05) is 41.4 Å². The van der Waals surface area contributed by atoms with Gasteiger partial charge in [-0.25, -0.2) is 21.1 Å². The summed E-state index contributed by atoms with van der Waals surface area (Å²) in [5, 5.41) is 42.2. The number of nitrogens with one attached hydrogen (secondary N) is 6. The lowest BCUT2D eigenvalue weighted by Gasteiger charge is -2.33. The number of nitrogens with zero attached hydrogens (tertiary/aromatic N) is 14. The number of hydrogen-bond donors (Lipinski definition) is 9. The molecule has 5 saturated heterocycles. The molecular weight excluding hydrogens is 2100 g/mol. The van der Waals surface area contributed by atoms with Crippen molar-refractivity contribution in [1.82, 2.24) is 99.8 Å². The molecule has 4 unspecified atom stereocenters. The van der Waals surface area contributed by atoms with E-state index < -0.39 is 115 Å². The second-order valence-corrected chi connectivity index (χ2v) is 41.5. The topological polar surface area (TPSA) is 410 Å². The molecule has 5 fully saturated rings. The van der Waals surface area contributed by atoms with Gasteiger partial charge in [-0.15, -0.1) is 0 Å². The molecule has 54 heteroatoms. The predicted molar refractivity (Wildman–Crippen MR) is 515 cm³/mol. The molecule has 0 radical (unpaired) electrons. The second-order valence-electron chi connectivity index (χ2n) is 35.1. The van der Waals surface area contributed by atoms with E-state index >= 15 is 0 Å². The van der Waals surface area contributed by atoms with Crippen LogP contribution in [0.5, 0.6) is 0 Å². The number of anilines is 2. The number of sulfonamides is 1. The number of aliphatic hydroxyl groups excluding tert-OH is 1. The molecule has 0 aliphatic carbocycles. The first-order chi connectivity index (χ1) is 68.7. The van der Waals surface area contributed by atoms with Crippen molar-refractivity contribution in [2.75, 3.05) is 134 Å². The molecule has 0 spiro atoms. The maximum Gasteiger partial charge on any atom is 0.432 e. The van der Waals surface area contributed by atoms with Gasteiger partial charge < -0.3 is 46.4 Å². The number of rotatable bonds is 30. The lowest BCUT2D eigenvalue weighted by atomic mass is 9.96. The van der Waals surface area contributed by atoms with Crippen molar-refractivity contribution < 1.29 is 112 Å². The minimum Gasteiger partial charge on any atom is -0.398 e. The van der Waals surface area contributed by atoms with Gasteiger partial charge in [0.2, 0.25) is 10.0 Å². The fourth-order valence-corrected chi connectivity index (χ4v) is 19.7. The Bertz CT molecular complexity index is 6250. The highest BCUT2D eigenvalue weighted by atomic mass is 35.5. The monoisotopic (exact) mass is 2200 g/mol. The number of likely N-dealkylation sites (N-methyl/N-ethyl adjacent to an activating group) is 1. The average molecular weight is 2210 g/mol. The Labute approximate surface area is 854 Å². The Balaban J connectivity index is 0.000000174. The summed E-state index contributed by atoms with van der Waals surface area (Å²) in [5.41, 5.74) is 8.77. The Hall–Kier alpha value is -10.8. The van der Waals surface area contributed by atoms with E-state index in [4.69, 9.17) is 69.5 Å². The number of halogens is 20. The van der Waals surface area contributed by atoms with E-state index in [9.17, 15) is 112 Å². The maximum absolute atomic E-state index is 13.0. The van der Waals surface area contributed by atoms with Gasteiger partial charge in [0.25, 0.3) is 29.5 Å². The molecule has 5 amide bonds. The van der Waals surface area contributed by atoms with Crippen LogP contribution in [0.2, 0.25) is 25.1 Å². The molecule has 5 aromatic heterocycles. The van der Waals surface area contributed by atoms with Crippen LogP contribution in [0.3, 0.4) is 0 Å². The fourth-order valence-electron chi connectivity index (χ4n) is 16.4. The maximum atomic E-state index is 13.0. The van der Waals surface area contributed by atoms with Crippen molar-refractivity contribution in [2.24, 2.45) is 5.92 Å². The molecule has 11 N–H and O–H groups in total. The number of nitrogen functional groups attached to an aromatic ring is 2. The molecule has 5 aliphatic heterocycles. The van der Waals surface area contributed by atoms with Gasteiger partial charge in [0.05, 0.1) is 23.9 Å². The summed E-state index contributed by atoms with van der Waals surface area (Å²) in [4.78, 5) is 77.9. The van der Waals surface area contributed by atoms with Gasteiger partial charge in [-0.2, -0.15) is 91.3 Å². The van der Waals surface area contributed by atoms with Crippen LogP contribution in [0.25, 0.3) is 0 Å². The van der Waals surface area contributed by atoms with Crippen molar-refractivity contribution >= 4 is 119 Å². The number of carbonyl (C=O) groups excluding carboxylic acids is 5. The van der Waals surface area contributed by atoms with Crippen LogP contribution in [0, 0.1) is 5.92 Å². The van der Waals surface area contributed by atoms with Crippen molar-refractivity contribution in [1.29, 1.82) is 0 Å². The summed E-state index contributed by atoms with van der Waals surface area (Å²) in [6.07, 6.45) is -15.9. The van der Waals surface area contributed by atoms with Crippen LogP contribution in [0.4, 0.5) is 77.2 Å². The van der Waals surface area contributed by atoms with Gasteiger partial charge in [-0.1, -0.05) is 132 Å². The third kappa shape index (κ3) is 33.3. The van der Waals surface area contributed by atoms with Gasteiger partial charge in [0.1, 0.15) is 28.5 Å². The number of aromatic nitrogens is 10. The first-order valence-corrected chi connectivity index (χ1v) is 51.4. The molecule has 10 aromatic rings. The number of alkyl halides is 15. The fraction of sp³-hybridized carbons (Fsp3) is 0.457. The van der Waals surface area contributed by atoms with E-state index in [1.165, 1.54) is 35.1 Å². The van der Waals surface area contributed by atoms with Gasteiger partial charge in [0, 0.05) is 201 Å². The molecule has 32 nitrogen and oxygen atoms in total. The predicted octanol–water partition coefficient (Wildman–Crippen LogP) is 15.9. The van der Waals surface area contributed by atoms with Crippen LogP contribution < -0.4 is 16.8 Å². The van der Waals surface area contributed by atoms with Crippen LogP contribution in [0.1, 0.15) is 167 Å². The smallest absolute Gasteiger partial charge is 0.398 e. The molecule has 5 aromatic carbocycles. The summed E-state index contributed by atoms with van der Waals surface area (Å²) < 4.78 is 241. The Morgan fingerprint density at radius 1 is 0.438 bits per heavy atom. The SMILES string of the molecule is CCN1CCCC1CN(Cc1ccccc1Cl)C(=O)c1cc(C(F)(F)F)[nH]n1.CS(=O)(=O)N1CCCC(CCN(Cc2ccccc2Cl)C(=O)c2cc(C(F)(F)F)[nH]n2)C1.Nc1cccc(Cl)c1CN(CCN1CCCC(O)C1)C(=O)c1cc(C(F)(F)F)[nH]n1.Nc1cccc(Cl)c1CN(CCN1CCS(=O)(=O)CC1)C(=O)c1cc(C(F)(F)F)[nH]n1.O=C(c1cc(C(F)(F)F)[nH]n1)N(Cc1ccccc1Cl)CC1CCN1. The molecule has 5 aliphatic rings. The summed E-state index contributed by atoms with van der Waals surface area (Å²) >= 11 is 31.0. The second kappa shape index (κ2) is 50.9. The number of aromatic amines is 5. The van der Waals surface area contributed by atoms with Crippen LogP contribution in [-0.4, -0.2) is 287 Å². The van der Waals surface area contributed by atoms with Crippen molar-refractivity contribution in [3.8, 4) is 0 Å². The third-order valence-corrected chi connectivity index (χ3v) is 29.4. The number of likely N-dealkylation sites (tertiary alicyclic amines) is 2. The minimum absolute atomic E-state index is 0.0206. The lowest BCUT2D eigenvalue weighted by Crippen LogP contribution is -2.51. The number of hydrogen-bond acceptors (Lipinski definition) is 21. The minimum atomic E-state index is -4.66. The molecule has 0 bridgehead atoms. The van der Waals surface area contributed by atoms with Gasteiger partial charge in [0.15, 0.2) is 38.3 Å². The summed E-state index contributed by atoms with van der Waals surface area (Å²) in [5.74, 6) is -3.10. The van der Waals surface area contributed by atoms with E-state index in [1.54, 1.807) is 103 Å². The zero-order valence-electron chi connectivity index (χ0n) is 78.4. The van der Waals surface area contributed by atoms with Crippen molar-refractivity contribution in [2.45, 2.75) is 140 Å². The molecule has 10 heterocycles. The number of amides is 5. The molecule has 796 valence electrons. The van der Waals surface area contributed by atoms with Gasteiger partial charge in [-0.05, 0) is 143 Å². The standard InChI is InChI=1S/C20H24ClF3N4O3S.C19H23ClF3N5O2.C19H22ClF3N4O.C18H21ClF3N5O3S.C16H16ClF3N4O/c1-32(30,31)28-9-4-5-14(12-28)8-10-27(13-15-6-2-3-7-16(15)21)19(29)17-11-18(26-25-17)20(22,23)24;20-14-4-1-5-15(24)13(14)11-28(8-7-27-6-2-3-12(29)10-27)18(30)16-9-17(26-25-16)19(21,22)23;1-2-26-9-5-7-14(26)12-27(11-13-6-3-4-8-15(13)20)18(28)16-10-17(25-24-16)19(21,22)23;19-13-2-1-3-14(23)12(13)11-27(5-4-26-6-8-31(29,30)9-7-26)17(28)15-10-16(25-24-15)18(20,21)22;17-12-4-2-1-3-10(12)8-24(9-11-5-6-21-11)15(25)13-7-14(23-22-13)16(18,19)20/h2-3,6-7,11,14H,4-5,8-10,12-13H2,1H3,(H,25,26);1,4-5,9,12,29H,2-3,6-8,10-11,24H2,(H,25,26);3-4,6,8,10,14H,2,5,7,9,11-12H2,1H3,(H,24,25);1-3,10H,4-9,11,23H2,(H,24,25);1-4,7,11,21H,5-6,8-9H2,(H,22,23). The first-order valence-electron chi connectivity index (χ1n) is 45.8. The molecule has 0 saturated carbocycles. The number of sulfone groups is 1. The highest BCUT2D eigenvalue weighted by Crippen LogP contribution is 2.37. The summed E-state index contributed by atoms with van der Waals surface area (Å²) in [7, 11) is -6.37. The Morgan fingerprint density at radius 3 is 1.14 bits per heavy atom.